The predicted octanol–water partition coefficient (Wildman–Crippen LogP) is 4.24. The summed E-state index contributed by atoms with van der Waals surface area (Å²) >= 11 is 0. The average molecular weight is 538 g/mol. The van der Waals surface area contributed by atoms with E-state index in [2.05, 4.69) is 4.98 Å². The van der Waals surface area contributed by atoms with E-state index in [9.17, 15) is 31.6 Å². The first-order chi connectivity index (χ1) is 17.6. The zero-order valence-electron chi connectivity index (χ0n) is 19.2. The highest BCUT2D eigenvalue weighted by Crippen LogP contribution is 2.34. The molecule has 1 aliphatic heterocycles. The lowest BCUT2D eigenvalue weighted by molar-refractivity contribution is -0.137. The summed E-state index contributed by atoms with van der Waals surface area (Å²) in [5.41, 5.74) is 0.291. The van der Waals surface area contributed by atoms with Crippen LogP contribution in [0.15, 0.2) is 71.9 Å². The molecule has 9 nitrogen and oxygen atoms in total. The van der Waals surface area contributed by atoms with Crippen molar-refractivity contribution in [3.05, 3.63) is 78.1 Å². The van der Waals surface area contributed by atoms with E-state index < -0.39 is 33.8 Å². The van der Waals surface area contributed by atoms with Crippen LogP contribution >= 0.6 is 0 Å². The zero-order valence-corrected chi connectivity index (χ0v) is 20.0. The number of nitrogens with one attached hydrogen (secondary N) is 1. The topological polar surface area (TPSA) is 118 Å². The van der Waals surface area contributed by atoms with Gasteiger partial charge in [0.05, 0.1) is 16.7 Å². The number of sulfonamides is 1. The van der Waals surface area contributed by atoms with Crippen molar-refractivity contribution in [1.82, 2.24) is 14.8 Å². The number of amides is 1. The number of hydroxylamine groups is 1. The standard InChI is InChI=1S/C24H22F3N3O6S/c25-24(26,27)16-6-8-17(9-7-16)35-18-10-13-30(14-11-18)37(33,34)21-5-1-4-20(22(21)23(31)29-32)36-19-3-2-12-28-15-19/h1-9,12,15,18,32H,10-11,13-14H2,(H,29,31). The molecular formula is C24H22F3N3O6S. The fourth-order valence-electron chi connectivity index (χ4n) is 3.87. The summed E-state index contributed by atoms with van der Waals surface area (Å²) in [6.07, 6.45) is -1.43. The average Bonchev–Trinajstić information content (AvgIpc) is 2.89. The Bertz CT molecular complexity index is 1340. The Balaban J connectivity index is 1.50. The molecule has 1 aromatic heterocycles. The third-order valence-corrected chi connectivity index (χ3v) is 7.62. The Kier molecular flexibility index (Phi) is 7.66. The minimum Gasteiger partial charge on any atom is -0.490 e. The van der Waals surface area contributed by atoms with Crippen molar-refractivity contribution in [2.24, 2.45) is 0 Å². The molecule has 3 aromatic rings. The fraction of sp³-hybridized carbons (Fsp3) is 0.250. The lowest BCUT2D eigenvalue weighted by Gasteiger charge is -2.32. The lowest BCUT2D eigenvalue weighted by atomic mass is 10.1. The van der Waals surface area contributed by atoms with Gasteiger partial charge in [0.25, 0.3) is 5.91 Å². The Morgan fingerprint density at radius 2 is 1.73 bits per heavy atom. The quantitative estimate of drug-likeness (QED) is 0.342. The van der Waals surface area contributed by atoms with Crippen molar-refractivity contribution in [2.75, 3.05) is 13.1 Å². The van der Waals surface area contributed by atoms with E-state index >= 15 is 0 Å². The monoisotopic (exact) mass is 537 g/mol. The first-order valence-electron chi connectivity index (χ1n) is 11.1. The SMILES string of the molecule is O=C(NO)c1c(Oc2cccnc2)cccc1S(=O)(=O)N1CCC(Oc2ccc(C(F)(F)F)cc2)CC1. The van der Waals surface area contributed by atoms with E-state index in [1.165, 1.54) is 52.5 Å². The highest BCUT2D eigenvalue weighted by Gasteiger charge is 2.35. The molecule has 196 valence electrons. The summed E-state index contributed by atoms with van der Waals surface area (Å²) in [4.78, 5) is 16.0. The van der Waals surface area contributed by atoms with Gasteiger partial charge in [-0.15, -0.1) is 0 Å². The maximum absolute atomic E-state index is 13.5. The Labute approximate surface area is 210 Å². The van der Waals surface area contributed by atoms with E-state index in [1.807, 2.05) is 0 Å². The molecule has 0 radical (unpaired) electrons. The molecule has 2 N–H and O–H groups in total. The van der Waals surface area contributed by atoms with Crippen LogP contribution in [-0.4, -0.2) is 48.0 Å². The molecular weight excluding hydrogens is 515 g/mol. The number of piperidine rings is 1. The van der Waals surface area contributed by atoms with Crippen LogP contribution in [0.5, 0.6) is 17.2 Å². The van der Waals surface area contributed by atoms with Gasteiger partial charge in [-0.3, -0.25) is 15.0 Å². The molecule has 0 saturated carbocycles. The van der Waals surface area contributed by atoms with E-state index in [0.29, 0.717) is 0 Å². The van der Waals surface area contributed by atoms with Crippen LogP contribution in [0.3, 0.4) is 0 Å². The van der Waals surface area contributed by atoms with Crippen molar-refractivity contribution >= 4 is 15.9 Å². The molecule has 1 fully saturated rings. The maximum atomic E-state index is 13.5. The zero-order chi connectivity index (χ0) is 26.6. The predicted molar refractivity (Wildman–Crippen MR) is 124 cm³/mol. The second-order valence-corrected chi connectivity index (χ2v) is 10.0. The van der Waals surface area contributed by atoms with E-state index in [-0.39, 0.29) is 53.6 Å². The highest BCUT2D eigenvalue weighted by atomic mass is 32.2. The number of ether oxygens (including phenoxy) is 2. The van der Waals surface area contributed by atoms with Crippen LogP contribution in [0.2, 0.25) is 0 Å². The lowest BCUT2D eigenvalue weighted by Crippen LogP contribution is -2.42. The molecule has 1 amide bonds. The molecule has 0 aliphatic carbocycles. The molecule has 0 bridgehead atoms. The van der Waals surface area contributed by atoms with Crippen molar-refractivity contribution in [1.29, 1.82) is 0 Å². The molecule has 4 rings (SSSR count). The van der Waals surface area contributed by atoms with Crippen LogP contribution < -0.4 is 15.0 Å². The van der Waals surface area contributed by atoms with Gasteiger partial charge >= 0.3 is 6.18 Å². The Hall–Kier alpha value is -3.68. The number of nitrogens with zero attached hydrogens (tertiary/aromatic N) is 2. The fourth-order valence-corrected chi connectivity index (χ4v) is 5.54. The number of alkyl halides is 3. The minimum absolute atomic E-state index is 0.0432. The van der Waals surface area contributed by atoms with E-state index in [0.717, 1.165) is 12.1 Å². The van der Waals surface area contributed by atoms with Crippen molar-refractivity contribution < 1.29 is 41.1 Å². The molecule has 1 aliphatic rings. The van der Waals surface area contributed by atoms with Gasteiger partial charge in [-0.25, -0.2) is 13.9 Å². The second-order valence-electron chi connectivity index (χ2n) is 8.10. The Morgan fingerprint density at radius 1 is 1.03 bits per heavy atom. The third kappa shape index (κ3) is 6.01. The minimum atomic E-state index is -4.45. The van der Waals surface area contributed by atoms with Gasteiger partial charge in [-0.1, -0.05) is 6.07 Å². The number of rotatable bonds is 7. The van der Waals surface area contributed by atoms with Crippen LogP contribution in [0.4, 0.5) is 13.2 Å². The number of halogens is 3. The summed E-state index contributed by atoms with van der Waals surface area (Å²) in [5.74, 6) is -0.665. The normalized spacial score (nSPS) is 15.2. The molecule has 0 unspecified atom stereocenters. The summed E-state index contributed by atoms with van der Waals surface area (Å²) < 4.78 is 77.8. The largest absolute Gasteiger partial charge is 0.490 e. The van der Waals surface area contributed by atoms with Gasteiger partial charge in [0.1, 0.15) is 28.9 Å². The summed E-state index contributed by atoms with van der Waals surface area (Å²) in [6, 6.07) is 11.5. The van der Waals surface area contributed by atoms with Crippen molar-refractivity contribution in [3.63, 3.8) is 0 Å². The highest BCUT2D eigenvalue weighted by molar-refractivity contribution is 7.89. The number of aromatic nitrogens is 1. The molecule has 37 heavy (non-hydrogen) atoms. The first kappa shape index (κ1) is 26.4. The second kappa shape index (κ2) is 10.7. The summed E-state index contributed by atoms with van der Waals surface area (Å²) in [7, 11) is -4.20. The van der Waals surface area contributed by atoms with E-state index in [4.69, 9.17) is 9.47 Å². The van der Waals surface area contributed by atoms with Crippen molar-refractivity contribution in [2.45, 2.75) is 30.0 Å². The van der Waals surface area contributed by atoms with Crippen LogP contribution in [0.1, 0.15) is 28.8 Å². The van der Waals surface area contributed by atoms with Crippen LogP contribution in [0.25, 0.3) is 0 Å². The number of carbonyl (C=O) groups is 1. The molecule has 0 atom stereocenters. The maximum Gasteiger partial charge on any atom is 0.416 e. The van der Waals surface area contributed by atoms with Crippen LogP contribution in [-0.2, 0) is 16.2 Å². The first-order valence-corrected chi connectivity index (χ1v) is 12.5. The van der Waals surface area contributed by atoms with Gasteiger partial charge in [0.2, 0.25) is 10.0 Å². The third-order valence-electron chi connectivity index (χ3n) is 5.68. The number of carbonyl (C=O) groups excluding carboxylic acids is 1. The Morgan fingerprint density at radius 3 is 2.32 bits per heavy atom. The van der Waals surface area contributed by atoms with Crippen LogP contribution in [0, 0.1) is 0 Å². The number of pyridine rings is 1. The number of hydrogen-bond donors (Lipinski definition) is 2. The number of hydrogen-bond acceptors (Lipinski definition) is 7. The summed E-state index contributed by atoms with van der Waals surface area (Å²) in [6.45, 7) is 0.0863. The van der Waals surface area contributed by atoms with Crippen molar-refractivity contribution in [3.8, 4) is 17.2 Å². The van der Waals surface area contributed by atoms with E-state index in [1.54, 1.807) is 12.1 Å². The smallest absolute Gasteiger partial charge is 0.416 e. The molecule has 13 heteroatoms. The van der Waals surface area contributed by atoms with Gasteiger partial charge in [0, 0.05) is 19.3 Å². The van der Waals surface area contributed by atoms with Gasteiger partial charge < -0.3 is 9.47 Å². The van der Waals surface area contributed by atoms with Gasteiger partial charge in [-0.2, -0.15) is 17.5 Å². The summed E-state index contributed by atoms with van der Waals surface area (Å²) in [5, 5.41) is 9.26. The molecule has 0 spiro atoms. The van der Waals surface area contributed by atoms with Gasteiger partial charge in [-0.05, 0) is 61.4 Å². The molecule has 2 aromatic carbocycles. The van der Waals surface area contributed by atoms with Gasteiger partial charge in [0.15, 0.2) is 0 Å². The number of benzene rings is 2. The molecule has 2 heterocycles. The molecule has 1 saturated heterocycles.